The number of halogens is 1. The van der Waals surface area contributed by atoms with Crippen LogP contribution in [0.4, 0.5) is 15.8 Å². The number of hydrogen-bond donors (Lipinski definition) is 3. The Morgan fingerprint density at radius 2 is 1.73 bits per heavy atom. The Morgan fingerprint density at radius 3 is 2.37 bits per heavy atom. The van der Waals surface area contributed by atoms with Gasteiger partial charge in [-0.3, -0.25) is 19.8 Å². The summed E-state index contributed by atoms with van der Waals surface area (Å²) in [6, 6.07) is 5.13. The Labute approximate surface area is 178 Å². The molecule has 3 saturated heterocycles. The molecule has 7 nitrogen and oxygen atoms in total. The summed E-state index contributed by atoms with van der Waals surface area (Å²) in [6.07, 6.45) is 2.82. The van der Waals surface area contributed by atoms with E-state index in [0.29, 0.717) is 30.3 Å². The van der Waals surface area contributed by atoms with Gasteiger partial charge in [0.15, 0.2) is 0 Å². The van der Waals surface area contributed by atoms with Crippen molar-refractivity contribution < 1.29 is 14.0 Å². The molecule has 0 aromatic heterocycles. The topological polar surface area (TPSA) is 76.7 Å². The van der Waals surface area contributed by atoms with E-state index in [1.807, 2.05) is 19.9 Å². The zero-order valence-electron chi connectivity index (χ0n) is 18.0. The zero-order valence-corrected chi connectivity index (χ0v) is 18.0. The highest BCUT2D eigenvalue weighted by molar-refractivity contribution is 6.01. The Hall–Kier alpha value is -2.19. The number of piperidine rings is 2. The molecule has 0 aliphatic carbocycles. The van der Waals surface area contributed by atoms with Gasteiger partial charge in [-0.2, -0.15) is 0 Å². The summed E-state index contributed by atoms with van der Waals surface area (Å²) in [5, 5.41) is 8.73. The lowest BCUT2D eigenvalue weighted by Gasteiger charge is -2.41. The second-order valence-electron chi connectivity index (χ2n) is 7.82. The number of anilines is 2. The minimum atomic E-state index is -0.502. The number of rotatable bonds is 4. The van der Waals surface area contributed by atoms with Crippen LogP contribution in [0.1, 0.15) is 39.5 Å². The lowest BCUT2D eigenvalue weighted by Crippen LogP contribution is -2.52. The second-order valence-corrected chi connectivity index (χ2v) is 7.82. The molecule has 0 bridgehead atoms. The molecular formula is C22H34FN5O2. The Kier molecular flexibility index (Phi) is 8.04. The lowest BCUT2D eigenvalue weighted by molar-refractivity contribution is -0.133. The first-order valence-electron chi connectivity index (χ1n) is 11.2. The average Bonchev–Trinajstić information content (AvgIpc) is 2.78. The Bertz CT molecular complexity index is 730. The number of nitrogens with zero attached hydrogens (tertiary/aromatic N) is 2. The van der Waals surface area contributed by atoms with Crippen LogP contribution in [0.25, 0.3) is 0 Å². The Balaban J connectivity index is 0.00000124. The summed E-state index contributed by atoms with van der Waals surface area (Å²) in [6.45, 7) is 10.0. The zero-order chi connectivity index (χ0) is 21.5. The van der Waals surface area contributed by atoms with Gasteiger partial charge in [0, 0.05) is 57.4 Å². The monoisotopic (exact) mass is 419 g/mol. The van der Waals surface area contributed by atoms with Crippen LogP contribution in [0.15, 0.2) is 18.2 Å². The van der Waals surface area contributed by atoms with Crippen LogP contribution in [-0.4, -0.2) is 68.1 Å². The van der Waals surface area contributed by atoms with Gasteiger partial charge in [0.25, 0.3) is 0 Å². The summed E-state index contributed by atoms with van der Waals surface area (Å²) in [5.74, 6) is -0.887. The van der Waals surface area contributed by atoms with E-state index >= 15 is 0 Å². The molecule has 0 spiro atoms. The van der Waals surface area contributed by atoms with Crippen molar-refractivity contribution in [1.29, 1.82) is 0 Å². The number of amides is 2. The van der Waals surface area contributed by atoms with Gasteiger partial charge in [-0.25, -0.2) is 4.39 Å². The van der Waals surface area contributed by atoms with E-state index in [4.69, 9.17) is 0 Å². The van der Waals surface area contributed by atoms with Gasteiger partial charge < -0.3 is 15.5 Å². The average molecular weight is 420 g/mol. The Morgan fingerprint density at radius 1 is 1.03 bits per heavy atom. The molecular weight excluding hydrogens is 385 g/mol. The van der Waals surface area contributed by atoms with Crippen LogP contribution in [-0.2, 0) is 9.59 Å². The molecule has 1 aromatic carbocycles. The summed E-state index contributed by atoms with van der Waals surface area (Å²) < 4.78 is 14.7. The van der Waals surface area contributed by atoms with Crippen molar-refractivity contribution >= 4 is 23.2 Å². The van der Waals surface area contributed by atoms with Crippen molar-refractivity contribution in [3.8, 4) is 0 Å². The molecule has 0 radical (unpaired) electrons. The number of nitrogens with one attached hydrogen (secondary N) is 3. The highest BCUT2D eigenvalue weighted by atomic mass is 19.1. The predicted octanol–water partition coefficient (Wildman–Crippen LogP) is 1.94. The number of benzene rings is 1. The predicted molar refractivity (Wildman–Crippen MR) is 117 cm³/mol. The molecule has 0 saturated carbocycles. The van der Waals surface area contributed by atoms with Crippen LogP contribution in [0, 0.1) is 5.82 Å². The molecule has 3 heterocycles. The minimum absolute atomic E-state index is 0.256. The summed E-state index contributed by atoms with van der Waals surface area (Å²) in [7, 11) is 0. The molecule has 1 unspecified atom stereocenters. The summed E-state index contributed by atoms with van der Waals surface area (Å²) in [4.78, 5) is 27.8. The van der Waals surface area contributed by atoms with Crippen LogP contribution >= 0.6 is 0 Å². The van der Waals surface area contributed by atoms with Crippen LogP contribution < -0.4 is 20.9 Å². The van der Waals surface area contributed by atoms with E-state index in [9.17, 15) is 14.0 Å². The fourth-order valence-corrected chi connectivity index (χ4v) is 4.40. The summed E-state index contributed by atoms with van der Waals surface area (Å²) in [5.41, 5.74) is 1.18. The molecule has 166 valence electrons. The second kappa shape index (κ2) is 10.7. The minimum Gasteiger partial charge on any atom is -0.374 e. The SMILES string of the molecule is CC.O=C1CCC(Nc2ccc(N3CCC(N4CCNCC4)CC3)c(F)c2)C(=O)N1. The molecule has 8 heteroatoms. The van der Waals surface area contributed by atoms with Crippen molar-refractivity contribution in [2.75, 3.05) is 49.5 Å². The maximum atomic E-state index is 14.7. The normalized spacial score (nSPS) is 23.4. The fraction of sp³-hybridized carbons (Fsp3) is 0.636. The molecule has 3 aliphatic rings. The first-order valence-corrected chi connectivity index (χ1v) is 11.2. The molecule has 1 atom stereocenters. The van der Waals surface area contributed by atoms with E-state index in [1.54, 1.807) is 6.07 Å². The smallest absolute Gasteiger partial charge is 0.249 e. The van der Waals surface area contributed by atoms with Crippen LogP contribution in [0.3, 0.4) is 0 Å². The highest BCUT2D eigenvalue weighted by Gasteiger charge is 2.28. The standard InChI is InChI=1S/C20H28FN5O2.C2H6/c21-16-13-14(23-17-2-4-19(27)24-20(17)28)1-3-18(16)26-9-5-15(6-10-26)25-11-7-22-8-12-25;1-2/h1,3,13,15,17,22-23H,2,4-12H2,(H,24,27,28);1-2H3. The van der Waals surface area contributed by atoms with Gasteiger partial charge >= 0.3 is 0 Å². The van der Waals surface area contributed by atoms with Gasteiger partial charge in [0.05, 0.1) is 5.69 Å². The molecule has 30 heavy (non-hydrogen) atoms. The van der Waals surface area contributed by atoms with Crippen molar-refractivity contribution in [2.24, 2.45) is 0 Å². The van der Waals surface area contributed by atoms with Crippen LogP contribution in [0.2, 0.25) is 0 Å². The molecule has 3 fully saturated rings. The van der Waals surface area contributed by atoms with Gasteiger partial charge in [-0.15, -0.1) is 0 Å². The maximum Gasteiger partial charge on any atom is 0.249 e. The first kappa shape index (κ1) is 22.5. The fourth-order valence-electron chi connectivity index (χ4n) is 4.40. The number of hydrogen-bond acceptors (Lipinski definition) is 6. The molecule has 2 amide bonds. The van der Waals surface area contributed by atoms with E-state index in [0.717, 1.165) is 52.1 Å². The largest absolute Gasteiger partial charge is 0.374 e. The van der Waals surface area contributed by atoms with Crippen molar-refractivity contribution in [1.82, 2.24) is 15.5 Å². The molecule has 4 rings (SSSR count). The first-order chi connectivity index (χ1) is 14.6. The summed E-state index contributed by atoms with van der Waals surface area (Å²) >= 11 is 0. The number of carbonyl (C=O) groups is 2. The number of piperazine rings is 1. The van der Waals surface area contributed by atoms with Gasteiger partial charge in [0.1, 0.15) is 11.9 Å². The number of imide groups is 1. The van der Waals surface area contributed by atoms with Crippen molar-refractivity contribution in [3.63, 3.8) is 0 Å². The maximum absolute atomic E-state index is 14.7. The third-order valence-electron chi connectivity index (χ3n) is 6.00. The third-order valence-corrected chi connectivity index (χ3v) is 6.00. The van der Waals surface area contributed by atoms with E-state index < -0.39 is 6.04 Å². The molecule has 1 aromatic rings. The quantitative estimate of drug-likeness (QED) is 0.648. The van der Waals surface area contributed by atoms with E-state index in [-0.39, 0.29) is 17.6 Å². The van der Waals surface area contributed by atoms with Crippen molar-refractivity contribution in [3.05, 3.63) is 24.0 Å². The van der Waals surface area contributed by atoms with Crippen LogP contribution in [0.5, 0.6) is 0 Å². The molecule has 3 N–H and O–H groups in total. The van der Waals surface area contributed by atoms with Crippen molar-refractivity contribution in [2.45, 2.75) is 51.6 Å². The van der Waals surface area contributed by atoms with Gasteiger partial charge in [0.2, 0.25) is 11.8 Å². The van der Waals surface area contributed by atoms with Gasteiger partial charge in [-0.1, -0.05) is 13.8 Å². The molecule has 3 aliphatic heterocycles. The lowest BCUT2D eigenvalue weighted by atomic mass is 10.0. The third kappa shape index (κ3) is 5.49. The number of carbonyl (C=O) groups excluding carboxylic acids is 2. The van der Waals surface area contributed by atoms with Gasteiger partial charge in [-0.05, 0) is 37.5 Å². The highest BCUT2D eigenvalue weighted by Crippen LogP contribution is 2.28. The van der Waals surface area contributed by atoms with E-state index in [1.165, 1.54) is 6.07 Å². The van der Waals surface area contributed by atoms with E-state index in [2.05, 4.69) is 25.8 Å².